The number of carbonyl (C=O) groups is 1. The van der Waals surface area contributed by atoms with Gasteiger partial charge < -0.3 is 26.6 Å². The molecule has 15 heteroatoms. The van der Waals surface area contributed by atoms with Gasteiger partial charge in [-0.2, -0.15) is 41.3 Å². The summed E-state index contributed by atoms with van der Waals surface area (Å²) in [6.07, 6.45) is -9.31. The molecule has 0 fully saturated rings. The molecule has 1 unspecified atom stereocenters. The number of nitrogens with one attached hydrogen (secondary N) is 2. The van der Waals surface area contributed by atoms with E-state index in [0.717, 1.165) is 43.3 Å². The maximum Gasteiger partial charge on any atom is 0.416 e. The van der Waals surface area contributed by atoms with Crippen molar-refractivity contribution in [2.75, 3.05) is 10.6 Å². The molecule has 0 spiro atoms. The Bertz CT molecular complexity index is 1190. The first-order valence-electron chi connectivity index (χ1n) is 9.93. The van der Waals surface area contributed by atoms with Gasteiger partial charge in [0, 0.05) is 11.4 Å². The number of hydrogen-bond donors (Lipinski definition) is 5. The number of carboxylic acids is 1. The average molecular weight is 516 g/mol. The van der Waals surface area contributed by atoms with E-state index in [2.05, 4.69) is 25.6 Å². The molecule has 0 aliphatic rings. The first-order valence-corrected chi connectivity index (χ1v) is 9.93. The van der Waals surface area contributed by atoms with E-state index in [1.54, 1.807) is 0 Å². The third-order valence-electron chi connectivity index (χ3n) is 4.85. The summed E-state index contributed by atoms with van der Waals surface area (Å²) in [5.74, 6) is -3.14. The summed E-state index contributed by atoms with van der Waals surface area (Å²) in [6.45, 7) is 0.975. The minimum Gasteiger partial charge on any atom is -0.480 e. The Hall–Kier alpha value is -3.98. The molecule has 0 bridgehead atoms. The Labute approximate surface area is 199 Å². The summed E-state index contributed by atoms with van der Waals surface area (Å²) >= 11 is 0. The second kappa shape index (κ2) is 9.58. The molecule has 2 aromatic carbocycles. The maximum atomic E-state index is 13.1. The molecule has 6 N–H and O–H groups in total. The van der Waals surface area contributed by atoms with Crippen LogP contribution in [0.2, 0.25) is 0 Å². The zero-order valence-electron chi connectivity index (χ0n) is 18.2. The second-order valence-corrected chi connectivity index (χ2v) is 7.68. The lowest BCUT2D eigenvalue weighted by atomic mass is 9.96. The highest BCUT2D eigenvalue weighted by Gasteiger charge is 2.40. The number of aromatic nitrogens is 3. The minimum absolute atomic E-state index is 0.130. The van der Waals surface area contributed by atoms with Crippen LogP contribution < -0.4 is 16.4 Å². The molecule has 192 valence electrons. The Morgan fingerprint density at radius 1 is 0.861 bits per heavy atom. The van der Waals surface area contributed by atoms with Crippen LogP contribution in [0.3, 0.4) is 0 Å². The molecule has 1 heterocycles. The topological polar surface area (TPSA) is 146 Å². The number of anilines is 4. The van der Waals surface area contributed by atoms with Gasteiger partial charge in [-0.3, -0.25) is 4.79 Å². The Morgan fingerprint density at radius 3 is 1.64 bits per heavy atom. The van der Waals surface area contributed by atoms with Crippen molar-refractivity contribution in [1.82, 2.24) is 15.0 Å². The van der Waals surface area contributed by atoms with Crippen molar-refractivity contribution in [3.05, 3.63) is 65.5 Å². The molecular weight excluding hydrogens is 498 g/mol. The molecule has 0 aliphatic heterocycles. The summed E-state index contributed by atoms with van der Waals surface area (Å²) in [7, 11) is 0. The standard InChI is InChI=1S/C21H18F6N6O3/c1-19(36,14(28)15(34)35)16-31-17(29-12-6-2-4-10(8-12)20(22,23)24)33-18(32-16)30-13-7-3-5-11(9-13)21(25,26)27/h2-9,14,36H,28H2,1H3,(H,34,35)(H2,29,30,31,32,33)/t14-,19?/m1/s1. The van der Waals surface area contributed by atoms with Gasteiger partial charge in [0.2, 0.25) is 11.9 Å². The average Bonchev–Trinajstić information content (AvgIpc) is 2.77. The molecule has 0 amide bonds. The molecule has 36 heavy (non-hydrogen) atoms. The first kappa shape index (κ1) is 26.6. The van der Waals surface area contributed by atoms with Crippen LogP contribution in [0.5, 0.6) is 0 Å². The Balaban J connectivity index is 2.06. The molecule has 3 rings (SSSR count). The highest BCUT2D eigenvalue weighted by Crippen LogP contribution is 2.33. The molecule has 0 saturated carbocycles. The normalized spacial score (nSPS) is 14.6. The summed E-state index contributed by atoms with van der Waals surface area (Å²) in [4.78, 5) is 23.0. The molecule has 2 atom stereocenters. The van der Waals surface area contributed by atoms with Gasteiger partial charge in [0.15, 0.2) is 5.82 Å². The van der Waals surface area contributed by atoms with Crippen LogP contribution >= 0.6 is 0 Å². The Morgan fingerprint density at radius 2 is 1.28 bits per heavy atom. The minimum atomic E-state index is -4.66. The fraction of sp³-hybridized carbons (Fsp3) is 0.238. The zero-order chi connectivity index (χ0) is 26.9. The van der Waals surface area contributed by atoms with Gasteiger partial charge in [0.05, 0.1) is 11.1 Å². The number of benzene rings is 2. The lowest BCUT2D eigenvalue weighted by Crippen LogP contribution is -2.49. The summed E-state index contributed by atoms with van der Waals surface area (Å²) in [6, 6.07) is 5.89. The van der Waals surface area contributed by atoms with E-state index < -0.39 is 58.8 Å². The molecule has 9 nitrogen and oxygen atoms in total. The van der Waals surface area contributed by atoms with Crippen LogP contribution in [0.25, 0.3) is 0 Å². The predicted molar refractivity (Wildman–Crippen MR) is 114 cm³/mol. The second-order valence-electron chi connectivity index (χ2n) is 7.68. The zero-order valence-corrected chi connectivity index (χ0v) is 18.2. The number of rotatable bonds is 7. The van der Waals surface area contributed by atoms with Crippen molar-refractivity contribution >= 4 is 29.2 Å². The number of aliphatic hydroxyl groups is 1. The molecular formula is C21H18F6N6O3. The van der Waals surface area contributed by atoms with Crippen LogP contribution in [0.1, 0.15) is 23.9 Å². The number of hydrogen-bond acceptors (Lipinski definition) is 8. The molecule has 0 aliphatic carbocycles. The first-order chi connectivity index (χ1) is 16.6. The van der Waals surface area contributed by atoms with Crippen LogP contribution in [0, 0.1) is 0 Å². The number of nitrogens with zero attached hydrogens (tertiary/aromatic N) is 3. The summed E-state index contributed by atoms with van der Waals surface area (Å²) in [5.41, 5.74) is 0.859. The molecule has 0 saturated heterocycles. The van der Waals surface area contributed by atoms with Crippen molar-refractivity contribution in [2.45, 2.75) is 30.9 Å². The van der Waals surface area contributed by atoms with E-state index in [1.807, 2.05) is 0 Å². The van der Waals surface area contributed by atoms with Gasteiger partial charge in [-0.1, -0.05) is 12.1 Å². The predicted octanol–water partition coefficient (Wildman–Crippen LogP) is 4.02. The van der Waals surface area contributed by atoms with Crippen molar-refractivity contribution in [3.8, 4) is 0 Å². The van der Waals surface area contributed by atoms with Crippen molar-refractivity contribution in [3.63, 3.8) is 0 Å². The third kappa shape index (κ3) is 6.17. The lowest BCUT2D eigenvalue weighted by Gasteiger charge is -2.26. The smallest absolute Gasteiger partial charge is 0.416 e. The number of halogens is 6. The highest BCUT2D eigenvalue weighted by molar-refractivity contribution is 5.75. The van der Waals surface area contributed by atoms with Crippen LogP contribution in [0.4, 0.5) is 49.6 Å². The Kier molecular flexibility index (Phi) is 7.08. The van der Waals surface area contributed by atoms with Gasteiger partial charge in [-0.15, -0.1) is 0 Å². The number of alkyl halides is 6. The van der Waals surface area contributed by atoms with E-state index >= 15 is 0 Å². The number of nitrogens with two attached hydrogens (primary N) is 1. The molecule has 3 aromatic rings. The quantitative estimate of drug-likeness (QED) is 0.294. The van der Waals surface area contributed by atoms with Gasteiger partial charge in [0.25, 0.3) is 0 Å². The highest BCUT2D eigenvalue weighted by atomic mass is 19.4. The monoisotopic (exact) mass is 516 g/mol. The van der Waals surface area contributed by atoms with Crippen molar-refractivity contribution in [1.29, 1.82) is 0 Å². The van der Waals surface area contributed by atoms with Gasteiger partial charge in [0.1, 0.15) is 11.6 Å². The summed E-state index contributed by atoms with van der Waals surface area (Å²) in [5, 5.41) is 24.9. The largest absolute Gasteiger partial charge is 0.480 e. The van der Waals surface area contributed by atoms with Crippen LogP contribution in [-0.4, -0.2) is 37.2 Å². The van der Waals surface area contributed by atoms with Crippen molar-refractivity contribution in [2.24, 2.45) is 5.73 Å². The lowest BCUT2D eigenvalue weighted by molar-refractivity contribution is -0.145. The van der Waals surface area contributed by atoms with Gasteiger partial charge in [-0.25, -0.2) is 0 Å². The molecule has 1 aromatic heterocycles. The maximum absolute atomic E-state index is 13.1. The van der Waals surface area contributed by atoms with Crippen LogP contribution in [-0.2, 0) is 22.7 Å². The number of aliphatic carboxylic acids is 1. The van der Waals surface area contributed by atoms with E-state index in [-0.39, 0.29) is 11.4 Å². The SMILES string of the molecule is CC(O)(c1nc(Nc2cccc(C(F)(F)F)c2)nc(Nc2cccc(C(F)(F)F)c2)n1)[C@H](N)C(=O)O. The van der Waals surface area contributed by atoms with E-state index in [0.29, 0.717) is 0 Å². The summed E-state index contributed by atoms with van der Waals surface area (Å²) < 4.78 is 78.3. The van der Waals surface area contributed by atoms with Gasteiger partial charge >= 0.3 is 18.3 Å². The fourth-order valence-electron chi connectivity index (χ4n) is 2.90. The van der Waals surface area contributed by atoms with E-state index in [1.165, 1.54) is 12.1 Å². The fourth-order valence-corrected chi connectivity index (χ4v) is 2.90. The van der Waals surface area contributed by atoms with Crippen molar-refractivity contribution < 1.29 is 41.4 Å². The molecule has 0 radical (unpaired) electrons. The van der Waals surface area contributed by atoms with Gasteiger partial charge in [-0.05, 0) is 43.3 Å². The van der Waals surface area contributed by atoms with E-state index in [4.69, 9.17) is 5.73 Å². The third-order valence-corrected chi connectivity index (χ3v) is 4.85. The number of carboxylic acid groups (broad SMARTS) is 1. The van der Waals surface area contributed by atoms with Crippen LogP contribution in [0.15, 0.2) is 48.5 Å². The van der Waals surface area contributed by atoms with E-state index in [9.17, 15) is 41.4 Å².